The number of unbranched alkanes of at least 4 members (excludes halogenated alkanes) is 3. The Morgan fingerprint density at radius 1 is 1.28 bits per heavy atom. The number of halogens is 3. The van der Waals surface area contributed by atoms with E-state index in [0.717, 1.165) is 25.3 Å². The van der Waals surface area contributed by atoms with Crippen LogP contribution in [0.4, 0.5) is 13.2 Å². The molecular weight excluding hydrogens is 243 g/mol. The van der Waals surface area contributed by atoms with E-state index in [4.69, 9.17) is 0 Å². The zero-order valence-electron chi connectivity index (χ0n) is 11.3. The molecule has 0 fully saturated rings. The van der Waals surface area contributed by atoms with Crippen LogP contribution in [0.1, 0.15) is 39.0 Å². The third-order valence-corrected chi connectivity index (χ3v) is 2.66. The molecule has 0 aliphatic heterocycles. The lowest BCUT2D eigenvalue weighted by Gasteiger charge is -2.18. The largest absolute Gasteiger partial charge is 0.395 e. The van der Waals surface area contributed by atoms with Crippen molar-refractivity contribution in [3.8, 4) is 0 Å². The van der Waals surface area contributed by atoms with E-state index in [1.54, 1.807) is 0 Å². The standard InChI is InChI=1S/C13H22F3NO/c1-4-5-6-7-8-9-11(13(14,15)16)10-12(18)17(2)3/h8-9,11H,4-7,10H2,1-3H3/b9-8+/t11-/m0/s1. The van der Waals surface area contributed by atoms with Crippen molar-refractivity contribution in [2.75, 3.05) is 14.1 Å². The van der Waals surface area contributed by atoms with Crippen molar-refractivity contribution in [2.24, 2.45) is 5.92 Å². The van der Waals surface area contributed by atoms with Gasteiger partial charge in [-0.3, -0.25) is 4.79 Å². The second-order valence-electron chi connectivity index (χ2n) is 4.56. The van der Waals surface area contributed by atoms with Crippen LogP contribution in [0.2, 0.25) is 0 Å². The van der Waals surface area contributed by atoms with Crippen LogP contribution in [0.3, 0.4) is 0 Å². The number of carbonyl (C=O) groups is 1. The molecule has 0 spiro atoms. The van der Waals surface area contributed by atoms with Gasteiger partial charge in [-0.1, -0.05) is 31.9 Å². The van der Waals surface area contributed by atoms with E-state index in [-0.39, 0.29) is 0 Å². The molecule has 0 heterocycles. The minimum absolute atomic E-state index is 0.504. The molecular formula is C13H22F3NO. The molecule has 0 unspecified atom stereocenters. The molecule has 2 nitrogen and oxygen atoms in total. The minimum Gasteiger partial charge on any atom is -0.349 e. The number of nitrogens with zero attached hydrogens (tertiary/aromatic N) is 1. The van der Waals surface area contributed by atoms with Gasteiger partial charge in [0.2, 0.25) is 5.91 Å². The van der Waals surface area contributed by atoms with Gasteiger partial charge in [0.15, 0.2) is 0 Å². The van der Waals surface area contributed by atoms with Gasteiger partial charge in [0.05, 0.1) is 5.92 Å². The van der Waals surface area contributed by atoms with E-state index in [1.165, 1.54) is 25.1 Å². The lowest BCUT2D eigenvalue weighted by Crippen LogP contribution is -2.30. The van der Waals surface area contributed by atoms with E-state index < -0.39 is 24.4 Å². The Morgan fingerprint density at radius 2 is 1.89 bits per heavy atom. The normalized spacial score (nSPS) is 13.9. The molecule has 1 amide bonds. The number of alkyl halides is 3. The van der Waals surface area contributed by atoms with Gasteiger partial charge in [-0.15, -0.1) is 0 Å². The van der Waals surface area contributed by atoms with Crippen LogP contribution in [0, 0.1) is 5.92 Å². The second kappa shape index (κ2) is 8.16. The molecule has 0 radical (unpaired) electrons. The number of hydrogen-bond donors (Lipinski definition) is 0. The van der Waals surface area contributed by atoms with Crippen molar-refractivity contribution in [2.45, 2.75) is 45.2 Å². The number of allylic oxidation sites excluding steroid dienone is 2. The smallest absolute Gasteiger partial charge is 0.349 e. The summed E-state index contributed by atoms with van der Waals surface area (Å²) in [5.74, 6) is -2.18. The molecule has 0 bridgehead atoms. The summed E-state index contributed by atoms with van der Waals surface area (Å²) < 4.78 is 38.1. The van der Waals surface area contributed by atoms with Gasteiger partial charge in [0.25, 0.3) is 0 Å². The molecule has 0 aromatic carbocycles. The summed E-state index contributed by atoms with van der Waals surface area (Å²) in [4.78, 5) is 12.5. The van der Waals surface area contributed by atoms with Crippen LogP contribution < -0.4 is 0 Å². The Labute approximate surface area is 107 Å². The molecule has 0 rings (SSSR count). The summed E-state index contributed by atoms with van der Waals surface area (Å²) in [5.41, 5.74) is 0. The molecule has 0 aliphatic rings. The van der Waals surface area contributed by atoms with Gasteiger partial charge in [-0.25, -0.2) is 0 Å². The third-order valence-electron chi connectivity index (χ3n) is 2.66. The minimum atomic E-state index is -4.35. The highest BCUT2D eigenvalue weighted by Crippen LogP contribution is 2.30. The van der Waals surface area contributed by atoms with Crippen LogP contribution in [0.25, 0.3) is 0 Å². The fourth-order valence-electron chi connectivity index (χ4n) is 1.44. The van der Waals surface area contributed by atoms with Crippen LogP contribution in [0.5, 0.6) is 0 Å². The van der Waals surface area contributed by atoms with E-state index >= 15 is 0 Å². The zero-order valence-corrected chi connectivity index (χ0v) is 11.3. The highest BCUT2D eigenvalue weighted by molar-refractivity contribution is 5.76. The lowest BCUT2D eigenvalue weighted by molar-refractivity contribution is -0.168. The summed E-state index contributed by atoms with van der Waals surface area (Å²) in [5, 5.41) is 0. The monoisotopic (exact) mass is 265 g/mol. The average molecular weight is 265 g/mol. The van der Waals surface area contributed by atoms with Crippen LogP contribution >= 0.6 is 0 Å². The van der Waals surface area contributed by atoms with Crippen LogP contribution in [-0.2, 0) is 4.79 Å². The first-order valence-electron chi connectivity index (χ1n) is 6.22. The first-order valence-corrected chi connectivity index (χ1v) is 6.22. The van der Waals surface area contributed by atoms with Crippen molar-refractivity contribution < 1.29 is 18.0 Å². The maximum Gasteiger partial charge on any atom is 0.395 e. The highest BCUT2D eigenvalue weighted by Gasteiger charge is 2.39. The quantitative estimate of drug-likeness (QED) is 0.506. The van der Waals surface area contributed by atoms with Gasteiger partial charge >= 0.3 is 6.18 Å². The maximum atomic E-state index is 12.7. The highest BCUT2D eigenvalue weighted by atomic mass is 19.4. The Balaban J connectivity index is 4.38. The molecule has 0 N–H and O–H groups in total. The number of rotatable bonds is 7. The molecule has 0 saturated carbocycles. The zero-order chi connectivity index (χ0) is 14.2. The molecule has 18 heavy (non-hydrogen) atoms. The summed E-state index contributed by atoms with van der Waals surface area (Å²) in [6.45, 7) is 2.04. The predicted octanol–water partition coefficient (Wildman–Crippen LogP) is 3.78. The van der Waals surface area contributed by atoms with Gasteiger partial charge in [0, 0.05) is 20.5 Å². The van der Waals surface area contributed by atoms with E-state index in [0.29, 0.717) is 6.42 Å². The van der Waals surface area contributed by atoms with Crippen molar-refractivity contribution >= 4 is 5.91 Å². The molecule has 0 saturated heterocycles. The van der Waals surface area contributed by atoms with Gasteiger partial charge in [-0.05, 0) is 12.8 Å². The fraction of sp³-hybridized carbons (Fsp3) is 0.769. The molecule has 0 aliphatic carbocycles. The summed E-state index contributed by atoms with van der Waals surface area (Å²) in [6.07, 6.45) is 1.37. The molecule has 5 heteroatoms. The van der Waals surface area contributed by atoms with E-state index in [1.807, 2.05) is 6.92 Å². The van der Waals surface area contributed by atoms with Gasteiger partial charge in [-0.2, -0.15) is 13.2 Å². The summed E-state index contributed by atoms with van der Waals surface area (Å²) >= 11 is 0. The second-order valence-corrected chi connectivity index (χ2v) is 4.56. The SMILES string of the molecule is CCCCC/C=C/[C@@H](CC(=O)N(C)C)C(F)(F)F. The topological polar surface area (TPSA) is 20.3 Å². The van der Waals surface area contributed by atoms with Crippen molar-refractivity contribution in [1.82, 2.24) is 4.90 Å². The van der Waals surface area contributed by atoms with Gasteiger partial charge in [0.1, 0.15) is 0 Å². The molecule has 106 valence electrons. The first kappa shape index (κ1) is 17.0. The van der Waals surface area contributed by atoms with E-state index in [2.05, 4.69) is 0 Å². The van der Waals surface area contributed by atoms with Crippen molar-refractivity contribution in [1.29, 1.82) is 0 Å². The third kappa shape index (κ3) is 7.35. The number of carbonyl (C=O) groups excluding carboxylic acids is 1. The molecule has 1 atom stereocenters. The van der Waals surface area contributed by atoms with Gasteiger partial charge < -0.3 is 4.90 Å². The summed E-state index contributed by atoms with van der Waals surface area (Å²) in [6, 6.07) is 0. The van der Waals surface area contributed by atoms with E-state index in [9.17, 15) is 18.0 Å². The molecule has 0 aromatic heterocycles. The Kier molecular flexibility index (Phi) is 7.71. The lowest BCUT2D eigenvalue weighted by atomic mass is 10.0. The maximum absolute atomic E-state index is 12.7. The number of hydrogen-bond acceptors (Lipinski definition) is 1. The van der Waals surface area contributed by atoms with Crippen LogP contribution in [-0.4, -0.2) is 31.1 Å². The molecule has 0 aromatic rings. The summed E-state index contributed by atoms with van der Waals surface area (Å²) in [7, 11) is 2.92. The number of amides is 1. The average Bonchev–Trinajstić information content (AvgIpc) is 2.25. The Bertz CT molecular complexity index is 272. The Morgan fingerprint density at radius 3 is 2.33 bits per heavy atom. The van der Waals surface area contributed by atoms with Crippen molar-refractivity contribution in [3.05, 3.63) is 12.2 Å². The van der Waals surface area contributed by atoms with Crippen LogP contribution in [0.15, 0.2) is 12.2 Å². The fourth-order valence-corrected chi connectivity index (χ4v) is 1.44. The predicted molar refractivity (Wildman–Crippen MR) is 66.1 cm³/mol. The van der Waals surface area contributed by atoms with Crippen molar-refractivity contribution in [3.63, 3.8) is 0 Å². The first-order chi connectivity index (χ1) is 8.29. The Hall–Kier alpha value is -1.00.